The van der Waals surface area contributed by atoms with Crippen molar-refractivity contribution in [1.29, 1.82) is 0 Å². The summed E-state index contributed by atoms with van der Waals surface area (Å²) in [5.41, 5.74) is 1.53. The molecule has 5 nitrogen and oxygen atoms in total. The lowest BCUT2D eigenvalue weighted by atomic mass is 9.98. The number of aliphatic hydroxyl groups is 1. The highest BCUT2D eigenvalue weighted by molar-refractivity contribution is 5.16. The highest BCUT2D eigenvalue weighted by atomic mass is 16.5. The highest BCUT2D eigenvalue weighted by Crippen LogP contribution is 2.30. The van der Waals surface area contributed by atoms with E-state index in [1.165, 1.54) is 18.4 Å². The molecule has 1 N–H and O–H groups in total. The van der Waals surface area contributed by atoms with Gasteiger partial charge in [-0.1, -0.05) is 11.6 Å². The molecule has 0 aromatic rings. The Labute approximate surface area is 121 Å². The van der Waals surface area contributed by atoms with E-state index in [0.717, 1.165) is 39.3 Å². The van der Waals surface area contributed by atoms with Crippen LogP contribution in [0.2, 0.25) is 0 Å². The zero-order valence-electron chi connectivity index (χ0n) is 12.7. The van der Waals surface area contributed by atoms with Crippen molar-refractivity contribution in [3.05, 3.63) is 11.6 Å². The number of hydrogen-bond donors (Lipinski definition) is 1. The molecule has 3 rings (SSSR count). The van der Waals surface area contributed by atoms with E-state index >= 15 is 0 Å². The maximum atomic E-state index is 10.7. The Balaban J connectivity index is 1.65. The molecule has 0 aromatic heterocycles. The van der Waals surface area contributed by atoms with Crippen molar-refractivity contribution in [3.8, 4) is 0 Å². The fourth-order valence-electron chi connectivity index (χ4n) is 3.43. The molecule has 0 spiro atoms. The number of likely N-dealkylation sites (tertiary alicyclic amines) is 1. The molecule has 0 radical (unpaired) electrons. The van der Waals surface area contributed by atoms with Crippen LogP contribution in [0.4, 0.5) is 0 Å². The van der Waals surface area contributed by atoms with Crippen LogP contribution in [0.1, 0.15) is 19.3 Å². The van der Waals surface area contributed by atoms with Gasteiger partial charge in [0.15, 0.2) is 6.35 Å². The number of likely N-dealkylation sites (N-methyl/N-ethyl adjacent to an activating group) is 2. The van der Waals surface area contributed by atoms with Crippen LogP contribution < -0.4 is 0 Å². The summed E-state index contributed by atoms with van der Waals surface area (Å²) in [6, 6.07) is 0.805. The molecule has 1 unspecified atom stereocenters. The zero-order chi connectivity index (χ0) is 14.1. The van der Waals surface area contributed by atoms with E-state index in [-0.39, 0.29) is 0 Å². The first-order valence-electron chi connectivity index (χ1n) is 7.78. The number of rotatable bonds is 4. The molecule has 0 bridgehead atoms. The fourth-order valence-corrected chi connectivity index (χ4v) is 3.43. The van der Waals surface area contributed by atoms with E-state index in [1.54, 1.807) is 0 Å². The maximum Gasteiger partial charge on any atom is 0.166 e. The lowest BCUT2D eigenvalue weighted by molar-refractivity contribution is -0.168. The summed E-state index contributed by atoms with van der Waals surface area (Å²) in [6.45, 7) is 4.68. The molecule has 0 aliphatic carbocycles. The molecule has 0 aromatic carbocycles. The SMILES string of the molecule is CN1CC=C([C@@H]2CCCN2C(O)N(C)C2COC2)CC1. The van der Waals surface area contributed by atoms with E-state index in [2.05, 4.69) is 27.8 Å². The van der Waals surface area contributed by atoms with Gasteiger partial charge in [0.05, 0.1) is 19.3 Å². The van der Waals surface area contributed by atoms with Gasteiger partial charge in [0.2, 0.25) is 0 Å². The lowest BCUT2D eigenvalue weighted by Gasteiger charge is -2.43. The largest absolute Gasteiger partial charge is 0.378 e. The second kappa shape index (κ2) is 6.12. The summed E-state index contributed by atoms with van der Waals surface area (Å²) < 4.78 is 5.24. The Morgan fingerprint density at radius 2 is 2.20 bits per heavy atom. The average molecular weight is 281 g/mol. The third-order valence-electron chi connectivity index (χ3n) is 5.03. The van der Waals surface area contributed by atoms with Crippen LogP contribution >= 0.6 is 0 Å². The van der Waals surface area contributed by atoms with Gasteiger partial charge in [-0.25, -0.2) is 0 Å². The van der Waals surface area contributed by atoms with Crippen molar-refractivity contribution in [3.63, 3.8) is 0 Å². The van der Waals surface area contributed by atoms with Crippen LogP contribution in [0.5, 0.6) is 0 Å². The first-order valence-corrected chi connectivity index (χ1v) is 7.78. The standard InChI is InChI=1S/C15H27N3O2/c1-16-8-5-12(6-9-16)14-4-3-7-18(14)15(19)17(2)13-10-20-11-13/h5,13-15,19H,3-4,6-11H2,1-2H3/t14-,15?/m0/s1. The molecule has 20 heavy (non-hydrogen) atoms. The van der Waals surface area contributed by atoms with Crippen molar-refractivity contribution in [2.75, 3.05) is 46.9 Å². The van der Waals surface area contributed by atoms with Gasteiger partial charge >= 0.3 is 0 Å². The molecule has 5 heteroatoms. The Bertz CT molecular complexity index is 370. The molecule has 114 valence electrons. The third kappa shape index (κ3) is 2.78. The van der Waals surface area contributed by atoms with E-state index < -0.39 is 6.35 Å². The lowest BCUT2D eigenvalue weighted by Crippen LogP contribution is -2.58. The Kier molecular flexibility index (Phi) is 4.43. The summed E-state index contributed by atoms with van der Waals surface area (Å²) in [5, 5.41) is 10.7. The van der Waals surface area contributed by atoms with Gasteiger partial charge in [-0.15, -0.1) is 0 Å². The number of aliphatic hydroxyl groups excluding tert-OH is 1. The summed E-state index contributed by atoms with van der Waals surface area (Å²) in [6.07, 6.45) is 5.40. The molecule has 3 aliphatic rings. The van der Waals surface area contributed by atoms with Gasteiger partial charge in [0, 0.05) is 25.7 Å². The van der Waals surface area contributed by atoms with Crippen molar-refractivity contribution < 1.29 is 9.84 Å². The molecule has 3 heterocycles. The van der Waals surface area contributed by atoms with Crippen LogP contribution in [0.3, 0.4) is 0 Å². The quantitative estimate of drug-likeness (QED) is 0.593. The summed E-state index contributed by atoms with van der Waals surface area (Å²) in [4.78, 5) is 6.68. The molecule has 0 saturated carbocycles. The molecule has 2 atom stereocenters. The number of ether oxygens (including phenoxy) is 1. The average Bonchev–Trinajstić information content (AvgIpc) is 2.85. The first-order chi connectivity index (χ1) is 9.66. The van der Waals surface area contributed by atoms with Gasteiger partial charge in [-0.2, -0.15) is 0 Å². The molecule has 3 aliphatic heterocycles. The number of hydrogen-bond acceptors (Lipinski definition) is 5. The van der Waals surface area contributed by atoms with Crippen LogP contribution in [0.15, 0.2) is 11.6 Å². The Hall–Kier alpha value is -0.460. The van der Waals surface area contributed by atoms with Crippen molar-refractivity contribution in [2.45, 2.75) is 37.7 Å². The highest BCUT2D eigenvalue weighted by Gasteiger charge is 2.37. The minimum atomic E-state index is -0.475. The molecule has 2 saturated heterocycles. The van der Waals surface area contributed by atoms with E-state index in [0.29, 0.717) is 12.1 Å². The van der Waals surface area contributed by atoms with E-state index in [1.807, 2.05) is 7.05 Å². The Morgan fingerprint density at radius 3 is 2.80 bits per heavy atom. The van der Waals surface area contributed by atoms with Crippen LogP contribution in [0, 0.1) is 0 Å². The van der Waals surface area contributed by atoms with E-state index in [4.69, 9.17) is 4.74 Å². The van der Waals surface area contributed by atoms with E-state index in [9.17, 15) is 5.11 Å². The van der Waals surface area contributed by atoms with Crippen LogP contribution in [-0.4, -0.2) is 85.2 Å². The monoisotopic (exact) mass is 281 g/mol. The van der Waals surface area contributed by atoms with Crippen molar-refractivity contribution >= 4 is 0 Å². The molecule has 2 fully saturated rings. The Morgan fingerprint density at radius 1 is 1.40 bits per heavy atom. The minimum Gasteiger partial charge on any atom is -0.378 e. The third-order valence-corrected chi connectivity index (χ3v) is 5.03. The second-order valence-electron chi connectivity index (χ2n) is 6.39. The predicted octanol–water partition coefficient (Wildman–Crippen LogP) is 0.319. The maximum absolute atomic E-state index is 10.7. The molecular weight excluding hydrogens is 254 g/mol. The molecular formula is C15H27N3O2. The summed E-state index contributed by atoms with van der Waals surface area (Å²) in [5.74, 6) is 0. The summed E-state index contributed by atoms with van der Waals surface area (Å²) in [7, 11) is 4.18. The van der Waals surface area contributed by atoms with Gasteiger partial charge in [0.25, 0.3) is 0 Å². The van der Waals surface area contributed by atoms with Gasteiger partial charge in [-0.05, 0) is 33.4 Å². The van der Waals surface area contributed by atoms with Gasteiger partial charge < -0.3 is 14.7 Å². The predicted molar refractivity (Wildman–Crippen MR) is 78.3 cm³/mol. The minimum absolute atomic E-state index is 0.373. The van der Waals surface area contributed by atoms with Crippen LogP contribution in [-0.2, 0) is 4.74 Å². The normalized spacial score (nSPS) is 31.4. The first kappa shape index (κ1) is 14.5. The van der Waals surface area contributed by atoms with Crippen molar-refractivity contribution in [2.24, 2.45) is 0 Å². The zero-order valence-corrected chi connectivity index (χ0v) is 12.7. The second-order valence-corrected chi connectivity index (χ2v) is 6.39. The van der Waals surface area contributed by atoms with Gasteiger partial charge in [0.1, 0.15) is 0 Å². The summed E-state index contributed by atoms with van der Waals surface area (Å²) >= 11 is 0. The molecule has 0 amide bonds. The fraction of sp³-hybridized carbons (Fsp3) is 0.867. The smallest absolute Gasteiger partial charge is 0.166 e. The van der Waals surface area contributed by atoms with Crippen LogP contribution in [0.25, 0.3) is 0 Å². The van der Waals surface area contributed by atoms with Gasteiger partial charge in [-0.3, -0.25) is 9.80 Å². The number of nitrogens with zero attached hydrogens (tertiary/aromatic N) is 3. The van der Waals surface area contributed by atoms with Crippen molar-refractivity contribution in [1.82, 2.24) is 14.7 Å². The topological polar surface area (TPSA) is 39.2 Å².